The van der Waals surface area contributed by atoms with Crippen molar-refractivity contribution in [2.24, 2.45) is 46.3 Å². The SMILES string of the molecule is CC(CCC(=O)N1CCCC1)C1CCC2C3C(O)CC4CC(O)CCC4(C)C3CC(O)C12C. The van der Waals surface area contributed by atoms with Crippen LogP contribution in [-0.2, 0) is 4.79 Å². The third-order valence-corrected chi connectivity index (χ3v) is 11.8. The third-order valence-electron chi connectivity index (χ3n) is 11.8. The molecule has 5 fully saturated rings. The van der Waals surface area contributed by atoms with Gasteiger partial charge in [-0.05, 0) is 111 Å². The summed E-state index contributed by atoms with van der Waals surface area (Å²) in [6.45, 7) is 8.84. The molecule has 4 aliphatic carbocycles. The van der Waals surface area contributed by atoms with Gasteiger partial charge in [-0.25, -0.2) is 0 Å². The van der Waals surface area contributed by atoms with Crippen LogP contribution in [0.5, 0.6) is 0 Å². The number of aliphatic hydroxyl groups excluding tert-OH is 3. The van der Waals surface area contributed by atoms with E-state index >= 15 is 0 Å². The van der Waals surface area contributed by atoms with E-state index in [0.29, 0.717) is 41.9 Å². The lowest BCUT2D eigenvalue weighted by Crippen LogP contribution is -2.62. The number of hydrogen-bond donors (Lipinski definition) is 3. The molecule has 0 aromatic heterocycles. The first-order valence-corrected chi connectivity index (χ1v) is 14.0. The van der Waals surface area contributed by atoms with E-state index in [9.17, 15) is 20.1 Å². The monoisotopic (exact) mass is 461 g/mol. The largest absolute Gasteiger partial charge is 0.393 e. The molecule has 0 spiro atoms. The molecule has 1 aliphatic heterocycles. The van der Waals surface area contributed by atoms with Crippen LogP contribution in [0.2, 0.25) is 0 Å². The van der Waals surface area contributed by atoms with Crippen LogP contribution in [0.25, 0.3) is 0 Å². The standard InChI is InChI=1S/C28H47NO4/c1-17(6-9-25(33)29-12-4-5-13-29)20-7-8-21-26-22(16-24(32)28(20,21)3)27(2)11-10-19(30)14-18(27)15-23(26)31/h17-24,26,30-32H,4-16H2,1-3H3. The first kappa shape index (κ1) is 24.1. The zero-order valence-electron chi connectivity index (χ0n) is 21.1. The Labute approximate surface area is 200 Å². The Morgan fingerprint density at radius 1 is 1.00 bits per heavy atom. The second-order valence-electron chi connectivity index (χ2n) is 13.1. The lowest BCUT2D eigenvalue weighted by molar-refractivity contribution is -0.207. The minimum absolute atomic E-state index is 0.122. The Bertz CT molecular complexity index is 737. The number of rotatable bonds is 4. The topological polar surface area (TPSA) is 81.0 Å². The van der Waals surface area contributed by atoms with E-state index in [1.807, 2.05) is 4.90 Å². The number of carbonyl (C=O) groups excluding carboxylic acids is 1. The number of nitrogens with zero attached hydrogens (tertiary/aromatic N) is 1. The predicted octanol–water partition coefficient (Wildman–Crippen LogP) is 3.99. The molecule has 0 bridgehead atoms. The Morgan fingerprint density at radius 2 is 1.73 bits per heavy atom. The van der Waals surface area contributed by atoms with Crippen molar-refractivity contribution in [3.63, 3.8) is 0 Å². The highest BCUT2D eigenvalue weighted by Crippen LogP contribution is 2.68. The van der Waals surface area contributed by atoms with Crippen molar-refractivity contribution in [3.8, 4) is 0 Å². The predicted molar refractivity (Wildman–Crippen MR) is 128 cm³/mol. The molecule has 11 atom stereocenters. The van der Waals surface area contributed by atoms with Gasteiger partial charge in [0.15, 0.2) is 0 Å². The molecular weight excluding hydrogens is 414 g/mol. The summed E-state index contributed by atoms with van der Waals surface area (Å²) in [5, 5.41) is 33.4. The number of amides is 1. The second kappa shape index (κ2) is 8.78. The summed E-state index contributed by atoms with van der Waals surface area (Å²) in [5.41, 5.74) is -0.0487. The van der Waals surface area contributed by atoms with Crippen molar-refractivity contribution in [3.05, 3.63) is 0 Å². The van der Waals surface area contributed by atoms with Gasteiger partial charge < -0.3 is 20.2 Å². The molecule has 1 heterocycles. The van der Waals surface area contributed by atoms with E-state index in [-0.39, 0.29) is 35.1 Å². The number of hydrogen-bond acceptors (Lipinski definition) is 4. The number of fused-ring (bicyclic) bond motifs is 5. The van der Waals surface area contributed by atoms with Crippen LogP contribution in [0.1, 0.15) is 91.4 Å². The molecule has 1 saturated heterocycles. The smallest absolute Gasteiger partial charge is 0.222 e. The highest BCUT2D eigenvalue weighted by Gasteiger charge is 2.65. The molecule has 3 N–H and O–H groups in total. The van der Waals surface area contributed by atoms with Gasteiger partial charge in [0.25, 0.3) is 0 Å². The van der Waals surface area contributed by atoms with Gasteiger partial charge in [-0.1, -0.05) is 20.8 Å². The summed E-state index contributed by atoms with van der Waals surface area (Å²) >= 11 is 0. The zero-order valence-corrected chi connectivity index (χ0v) is 21.1. The van der Waals surface area contributed by atoms with Crippen LogP contribution in [-0.4, -0.2) is 57.5 Å². The van der Waals surface area contributed by atoms with Gasteiger partial charge in [-0.15, -0.1) is 0 Å². The maximum Gasteiger partial charge on any atom is 0.222 e. The van der Waals surface area contributed by atoms with Crippen molar-refractivity contribution >= 4 is 5.91 Å². The fraction of sp³-hybridized carbons (Fsp3) is 0.964. The molecular formula is C28H47NO4. The van der Waals surface area contributed by atoms with Crippen molar-refractivity contribution < 1.29 is 20.1 Å². The van der Waals surface area contributed by atoms with Gasteiger partial charge in [-0.3, -0.25) is 4.79 Å². The fourth-order valence-electron chi connectivity index (χ4n) is 9.81. The average Bonchev–Trinajstić information content (AvgIpc) is 3.43. The van der Waals surface area contributed by atoms with E-state index < -0.39 is 0 Å². The van der Waals surface area contributed by atoms with Crippen molar-refractivity contribution in [2.45, 2.75) is 110 Å². The molecule has 11 unspecified atom stereocenters. The summed E-state index contributed by atoms with van der Waals surface area (Å²) in [7, 11) is 0. The van der Waals surface area contributed by atoms with Gasteiger partial charge in [-0.2, -0.15) is 0 Å². The third kappa shape index (κ3) is 3.80. The summed E-state index contributed by atoms with van der Waals surface area (Å²) in [6, 6.07) is 0. The van der Waals surface area contributed by atoms with Crippen LogP contribution in [0.4, 0.5) is 0 Å². The molecule has 5 heteroatoms. The van der Waals surface area contributed by atoms with Crippen LogP contribution < -0.4 is 0 Å². The van der Waals surface area contributed by atoms with Crippen LogP contribution >= 0.6 is 0 Å². The quantitative estimate of drug-likeness (QED) is 0.591. The summed E-state index contributed by atoms with van der Waals surface area (Å²) < 4.78 is 0. The van der Waals surface area contributed by atoms with Gasteiger partial charge >= 0.3 is 0 Å². The maximum absolute atomic E-state index is 12.6. The molecule has 5 nitrogen and oxygen atoms in total. The molecule has 0 radical (unpaired) electrons. The molecule has 5 rings (SSSR count). The normalized spacial score (nSPS) is 50.4. The number of likely N-dealkylation sites (tertiary alicyclic amines) is 1. The van der Waals surface area contributed by atoms with E-state index in [1.54, 1.807) is 0 Å². The highest BCUT2D eigenvalue weighted by atomic mass is 16.3. The molecule has 5 aliphatic rings. The van der Waals surface area contributed by atoms with E-state index in [1.165, 1.54) is 0 Å². The van der Waals surface area contributed by atoms with Crippen LogP contribution in [0.3, 0.4) is 0 Å². The minimum atomic E-state index is -0.345. The van der Waals surface area contributed by atoms with Crippen molar-refractivity contribution in [1.82, 2.24) is 4.90 Å². The van der Waals surface area contributed by atoms with Gasteiger partial charge in [0.2, 0.25) is 5.91 Å². The Balaban J connectivity index is 1.32. The van der Waals surface area contributed by atoms with Crippen LogP contribution in [0, 0.1) is 46.3 Å². The molecule has 188 valence electrons. The van der Waals surface area contributed by atoms with Gasteiger partial charge in [0.05, 0.1) is 18.3 Å². The highest BCUT2D eigenvalue weighted by molar-refractivity contribution is 5.76. The minimum Gasteiger partial charge on any atom is -0.393 e. The lowest BCUT2D eigenvalue weighted by Gasteiger charge is -2.63. The Kier molecular flexibility index (Phi) is 6.40. The Hall–Kier alpha value is -0.650. The Morgan fingerprint density at radius 3 is 2.45 bits per heavy atom. The van der Waals surface area contributed by atoms with E-state index in [2.05, 4.69) is 20.8 Å². The first-order valence-electron chi connectivity index (χ1n) is 14.0. The first-order chi connectivity index (χ1) is 15.7. The van der Waals surface area contributed by atoms with E-state index in [0.717, 1.165) is 77.3 Å². The van der Waals surface area contributed by atoms with Crippen molar-refractivity contribution in [1.29, 1.82) is 0 Å². The average molecular weight is 462 g/mol. The summed E-state index contributed by atoms with van der Waals surface area (Å²) in [4.78, 5) is 14.7. The maximum atomic E-state index is 12.6. The molecule has 0 aromatic rings. The van der Waals surface area contributed by atoms with E-state index in [4.69, 9.17) is 0 Å². The van der Waals surface area contributed by atoms with Gasteiger partial charge in [0, 0.05) is 19.5 Å². The number of aliphatic hydroxyl groups is 3. The zero-order chi connectivity index (χ0) is 23.5. The van der Waals surface area contributed by atoms with Crippen molar-refractivity contribution in [2.75, 3.05) is 13.1 Å². The van der Waals surface area contributed by atoms with Crippen LogP contribution in [0.15, 0.2) is 0 Å². The lowest BCUT2D eigenvalue weighted by atomic mass is 9.43. The molecule has 4 saturated carbocycles. The number of carbonyl (C=O) groups is 1. The second-order valence-corrected chi connectivity index (χ2v) is 13.1. The summed E-state index contributed by atoms with van der Waals surface area (Å²) in [5.74, 6) is 2.46. The molecule has 1 amide bonds. The summed E-state index contributed by atoms with van der Waals surface area (Å²) in [6.07, 6.45) is 9.38. The molecule has 0 aromatic carbocycles. The van der Waals surface area contributed by atoms with Gasteiger partial charge in [0.1, 0.15) is 0 Å². The molecule has 33 heavy (non-hydrogen) atoms. The fourth-order valence-corrected chi connectivity index (χ4v) is 9.81.